The van der Waals surface area contributed by atoms with E-state index in [4.69, 9.17) is 0 Å². The molecule has 1 amide bonds. The van der Waals surface area contributed by atoms with Gasteiger partial charge in [0.05, 0.1) is 12.2 Å². The van der Waals surface area contributed by atoms with Crippen molar-refractivity contribution in [3.05, 3.63) is 30.1 Å². The summed E-state index contributed by atoms with van der Waals surface area (Å²) in [5.74, 6) is -1.96. The highest BCUT2D eigenvalue weighted by atomic mass is 16.4. The summed E-state index contributed by atoms with van der Waals surface area (Å²) >= 11 is 0. The Morgan fingerprint density at radius 1 is 1.25 bits per heavy atom. The van der Waals surface area contributed by atoms with E-state index in [0.29, 0.717) is 6.54 Å². The molecule has 4 atom stereocenters. The Hall–Kier alpha value is -1.91. The van der Waals surface area contributed by atoms with E-state index in [1.807, 2.05) is 18.2 Å². The number of rotatable bonds is 4. The molecule has 20 heavy (non-hydrogen) atoms. The van der Waals surface area contributed by atoms with E-state index in [0.717, 1.165) is 25.0 Å². The van der Waals surface area contributed by atoms with Gasteiger partial charge in [0.1, 0.15) is 0 Å². The highest BCUT2D eigenvalue weighted by molar-refractivity contribution is 5.85. The summed E-state index contributed by atoms with van der Waals surface area (Å²) in [6.07, 6.45) is 4.38. The lowest BCUT2D eigenvalue weighted by molar-refractivity contribution is -0.314. The maximum absolute atomic E-state index is 12.3. The number of carboxylic acids is 1. The number of carboxylic acid groups (broad SMARTS) is 1. The van der Waals surface area contributed by atoms with Crippen molar-refractivity contribution < 1.29 is 14.7 Å². The molecule has 2 aliphatic rings. The third kappa shape index (κ3) is 2.28. The molecule has 1 aromatic rings. The number of fused-ring (bicyclic) bond motifs is 2. The fraction of sp³-hybridized carbons (Fsp3) is 0.533. The molecule has 0 aromatic carbocycles. The average Bonchev–Trinajstić information content (AvgIpc) is 3.06. The van der Waals surface area contributed by atoms with E-state index in [-0.39, 0.29) is 17.7 Å². The molecule has 1 aromatic heterocycles. The molecular weight excluding hydrogens is 256 g/mol. The Morgan fingerprint density at radius 3 is 2.65 bits per heavy atom. The number of nitrogens with one attached hydrogen (secondary N) is 1. The van der Waals surface area contributed by atoms with Crippen LogP contribution in [0.4, 0.5) is 0 Å². The van der Waals surface area contributed by atoms with E-state index in [9.17, 15) is 14.7 Å². The fourth-order valence-corrected chi connectivity index (χ4v) is 3.81. The van der Waals surface area contributed by atoms with Crippen LogP contribution in [0.5, 0.6) is 0 Å². The number of aliphatic carboxylic acids is 1. The lowest BCUT2D eigenvalue weighted by Crippen LogP contribution is -2.45. The number of hydrogen-bond donors (Lipinski definition) is 1. The normalized spacial score (nSPS) is 31.2. The smallest absolute Gasteiger partial charge is 0.224 e. The van der Waals surface area contributed by atoms with Crippen molar-refractivity contribution >= 4 is 11.9 Å². The molecule has 0 aliphatic heterocycles. The van der Waals surface area contributed by atoms with Crippen LogP contribution in [0, 0.1) is 23.7 Å². The van der Waals surface area contributed by atoms with Gasteiger partial charge < -0.3 is 15.2 Å². The maximum atomic E-state index is 12.3. The van der Waals surface area contributed by atoms with Crippen molar-refractivity contribution in [2.75, 3.05) is 0 Å². The molecule has 106 valence electrons. The number of aromatic nitrogens is 1. The number of hydrogen-bond acceptors (Lipinski definition) is 4. The first-order valence-electron chi connectivity index (χ1n) is 7.05. The Balaban J connectivity index is 1.66. The first kappa shape index (κ1) is 13.1. The molecule has 0 radical (unpaired) electrons. The number of pyridine rings is 1. The van der Waals surface area contributed by atoms with Crippen molar-refractivity contribution in [2.24, 2.45) is 23.7 Å². The topological polar surface area (TPSA) is 82.1 Å². The molecule has 3 rings (SSSR count). The van der Waals surface area contributed by atoms with Crippen LogP contribution < -0.4 is 10.4 Å². The van der Waals surface area contributed by atoms with E-state index in [2.05, 4.69) is 10.3 Å². The van der Waals surface area contributed by atoms with Gasteiger partial charge in [-0.05, 0) is 43.2 Å². The first-order valence-corrected chi connectivity index (χ1v) is 7.05. The predicted molar refractivity (Wildman–Crippen MR) is 68.9 cm³/mol. The van der Waals surface area contributed by atoms with Crippen LogP contribution in [0.3, 0.4) is 0 Å². The third-order valence-electron chi connectivity index (χ3n) is 4.66. The van der Waals surface area contributed by atoms with Crippen LogP contribution in [0.25, 0.3) is 0 Å². The van der Waals surface area contributed by atoms with Crippen molar-refractivity contribution in [3.63, 3.8) is 0 Å². The third-order valence-corrected chi connectivity index (χ3v) is 4.66. The summed E-state index contributed by atoms with van der Waals surface area (Å²) in [6.45, 7) is 0.341. The standard InChI is InChI=1S/C15H18N2O3/c18-14(17-8-11-3-1-2-6-16-11)12-9-4-5-10(7-9)13(12)15(19)20/h1-3,6,9-10,12-13H,4-5,7-8H2,(H,17,18)(H,19,20)/p-1. The van der Waals surface area contributed by atoms with E-state index < -0.39 is 17.8 Å². The quantitative estimate of drug-likeness (QED) is 0.844. The van der Waals surface area contributed by atoms with Crippen LogP contribution in [0.2, 0.25) is 0 Å². The summed E-state index contributed by atoms with van der Waals surface area (Å²) in [7, 11) is 0. The maximum Gasteiger partial charge on any atom is 0.224 e. The monoisotopic (exact) mass is 273 g/mol. The molecule has 4 unspecified atom stereocenters. The van der Waals surface area contributed by atoms with Gasteiger partial charge in [0.2, 0.25) is 5.91 Å². The zero-order chi connectivity index (χ0) is 14.1. The van der Waals surface area contributed by atoms with Crippen molar-refractivity contribution in [2.45, 2.75) is 25.8 Å². The minimum absolute atomic E-state index is 0.121. The van der Waals surface area contributed by atoms with Crippen molar-refractivity contribution in [1.82, 2.24) is 10.3 Å². The molecule has 5 heteroatoms. The second kappa shape index (κ2) is 5.23. The van der Waals surface area contributed by atoms with Crippen LogP contribution >= 0.6 is 0 Å². The molecule has 1 heterocycles. The number of amides is 1. The van der Waals surface area contributed by atoms with Crippen LogP contribution in [0.15, 0.2) is 24.4 Å². The van der Waals surface area contributed by atoms with Crippen molar-refractivity contribution in [1.29, 1.82) is 0 Å². The number of carbonyl (C=O) groups excluding carboxylic acids is 2. The van der Waals surface area contributed by atoms with E-state index in [1.165, 1.54) is 0 Å². The second-order valence-corrected chi connectivity index (χ2v) is 5.74. The lowest BCUT2D eigenvalue weighted by Gasteiger charge is -2.30. The van der Waals surface area contributed by atoms with Gasteiger partial charge >= 0.3 is 0 Å². The second-order valence-electron chi connectivity index (χ2n) is 5.74. The average molecular weight is 273 g/mol. The summed E-state index contributed by atoms with van der Waals surface area (Å²) in [5.41, 5.74) is 0.772. The van der Waals surface area contributed by atoms with Crippen LogP contribution in [-0.4, -0.2) is 16.9 Å². The van der Waals surface area contributed by atoms with E-state index in [1.54, 1.807) is 6.20 Å². The van der Waals surface area contributed by atoms with Gasteiger partial charge in [-0.2, -0.15) is 0 Å². The molecule has 2 aliphatic carbocycles. The highest BCUT2D eigenvalue weighted by Gasteiger charge is 2.51. The number of carbonyl (C=O) groups is 2. The molecular formula is C15H17N2O3-. The Bertz CT molecular complexity index is 517. The molecule has 2 fully saturated rings. The number of nitrogens with zero attached hydrogens (tertiary/aromatic N) is 1. The SMILES string of the molecule is O=C([O-])C1C2CCC(C2)C1C(=O)NCc1ccccn1. The zero-order valence-corrected chi connectivity index (χ0v) is 11.1. The van der Waals surface area contributed by atoms with Gasteiger partial charge in [-0.3, -0.25) is 9.78 Å². The van der Waals surface area contributed by atoms with Gasteiger partial charge in [0.25, 0.3) is 0 Å². The van der Waals surface area contributed by atoms with E-state index >= 15 is 0 Å². The van der Waals surface area contributed by atoms with Gasteiger partial charge in [0.15, 0.2) is 0 Å². The zero-order valence-electron chi connectivity index (χ0n) is 11.1. The summed E-state index contributed by atoms with van der Waals surface area (Å²) in [5, 5.41) is 14.1. The fourth-order valence-electron chi connectivity index (χ4n) is 3.81. The molecule has 0 saturated heterocycles. The minimum Gasteiger partial charge on any atom is -0.550 e. The molecule has 0 spiro atoms. The summed E-state index contributed by atoms with van der Waals surface area (Å²) in [4.78, 5) is 27.7. The Labute approximate surface area is 117 Å². The van der Waals surface area contributed by atoms with Gasteiger partial charge in [-0.1, -0.05) is 6.07 Å². The minimum atomic E-state index is -1.07. The van der Waals surface area contributed by atoms with Gasteiger partial charge in [0, 0.05) is 24.0 Å². The Morgan fingerprint density at radius 2 is 2.00 bits per heavy atom. The lowest BCUT2D eigenvalue weighted by atomic mass is 9.78. The largest absolute Gasteiger partial charge is 0.550 e. The first-order chi connectivity index (χ1) is 9.66. The Kier molecular flexibility index (Phi) is 3.42. The summed E-state index contributed by atoms with van der Waals surface area (Å²) < 4.78 is 0. The van der Waals surface area contributed by atoms with Crippen molar-refractivity contribution in [3.8, 4) is 0 Å². The van der Waals surface area contributed by atoms with Crippen LogP contribution in [-0.2, 0) is 16.1 Å². The van der Waals surface area contributed by atoms with Gasteiger partial charge in [-0.25, -0.2) is 0 Å². The van der Waals surface area contributed by atoms with Crippen LogP contribution in [0.1, 0.15) is 25.0 Å². The molecule has 2 saturated carbocycles. The summed E-state index contributed by atoms with van der Waals surface area (Å²) in [6, 6.07) is 5.50. The highest BCUT2D eigenvalue weighted by Crippen LogP contribution is 2.52. The molecule has 2 bridgehead atoms. The molecule has 5 nitrogen and oxygen atoms in total. The predicted octanol–water partition coefficient (Wildman–Crippen LogP) is 0.110. The van der Waals surface area contributed by atoms with Gasteiger partial charge in [-0.15, -0.1) is 0 Å². The molecule has 1 N–H and O–H groups in total.